The van der Waals surface area contributed by atoms with Crippen molar-refractivity contribution in [2.24, 2.45) is 5.73 Å². The topological polar surface area (TPSA) is 85.1 Å². The molecule has 0 fully saturated rings. The van der Waals surface area contributed by atoms with E-state index in [0.717, 1.165) is 0 Å². The Morgan fingerprint density at radius 3 is 2.50 bits per heavy atom. The number of nitrogens with zero attached hydrogens (tertiary/aromatic N) is 1. The van der Waals surface area contributed by atoms with Gasteiger partial charge in [-0.15, -0.1) is 0 Å². The fraction of sp³-hybridized carbons (Fsp3) is 0.455. The van der Waals surface area contributed by atoms with Gasteiger partial charge in [-0.1, -0.05) is 19.1 Å². The van der Waals surface area contributed by atoms with Gasteiger partial charge in [0.15, 0.2) is 0 Å². The van der Waals surface area contributed by atoms with Gasteiger partial charge in [0.2, 0.25) is 10.0 Å². The molecule has 0 bridgehead atoms. The maximum atomic E-state index is 12.1. The number of nitrogens with one attached hydrogen (secondary N) is 1. The third kappa shape index (κ3) is 3.72. The van der Waals surface area contributed by atoms with Crippen LogP contribution in [-0.2, 0) is 10.0 Å². The van der Waals surface area contributed by atoms with Crippen molar-refractivity contribution >= 4 is 27.2 Å². The van der Waals surface area contributed by atoms with Crippen LogP contribution in [0.3, 0.4) is 0 Å². The van der Waals surface area contributed by atoms with Crippen molar-refractivity contribution in [1.29, 1.82) is 0 Å². The highest BCUT2D eigenvalue weighted by molar-refractivity contribution is 7.89. The first kappa shape index (κ1) is 15.0. The number of pyridine rings is 1. The van der Waals surface area contributed by atoms with Gasteiger partial charge < -0.3 is 5.73 Å². The summed E-state index contributed by atoms with van der Waals surface area (Å²) < 4.78 is 26.8. The van der Waals surface area contributed by atoms with E-state index in [9.17, 15) is 8.42 Å². The maximum absolute atomic E-state index is 12.1. The quantitative estimate of drug-likeness (QED) is 0.794. The highest BCUT2D eigenvalue weighted by atomic mass is 32.2. The Labute approximate surface area is 113 Å². The molecule has 0 aliphatic rings. The summed E-state index contributed by atoms with van der Waals surface area (Å²) in [6.07, 6.45) is 1.94. The molecule has 0 saturated heterocycles. The van der Waals surface area contributed by atoms with E-state index in [2.05, 4.69) is 9.71 Å². The molecule has 3 N–H and O–H groups in total. The first-order chi connectivity index (χ1) is 8.18. The molecule has 1 aromatic heterocycles. The average molecular weight is 287 g/mol. The van der Waals surface area contributed by atoms with Crippen LogP contribution < -0.4 is 10.5 Å². The van der Waals surface area contributed by atoms with Gasteiger partial charge in [-0.2, -0.15) is 0 Å². The zero-order chi connectivity index (χ0) is 14.0. The predicted molar refractivity (Wildman–Crippen MR) is 74.8 cm³/mol. The fourth-order valence-electron chi connectivity index (χ4n) is 1.18. The zero-order valence-electron chi connectivity index (χ0n) is 10.6. The molecule has 100 valence electrons. The summed E-state index contributed by atoms with van der Waals surface area (Å²) in [6.45, 7) is 5.55. The first-order valence-corrected chi connectivity index (χ1v) is 7.37. The van der Waals surface area contributed by atoms with Crippen LogP contribution in [-0.4, -0.2) is 23.9 Å². The second-order valence-electron chi connectivity index (χ2n) is 4.59. The van der Waals surface area contributed by atoms with Gasteiger partial charge in [-0.3, -0.25) is 4.98 Å². The minimum absolute atomic E-state index is 0.101. The molecule has 7 heteroatoms. The lowest BCUT2D eigenvalue weighted by Gasteiger charge is -2.24. The summed E-state index contributed by atoms with van der Waals surface area (Å²) in [6, 6.07) is 2.94. The number of nitrogens with two attached hydrogens (primary N) is 1. The molecule has 0 aromatic carbocycles. The summed E-state index contributed by atoms with van der Waals surface area (Å²) in [5.74, 6) is 0. The molecule has 1 heterocycles. The lowest BCUT2D eigenvalue weighted by molar-refractivity contribution is 0.439. The number of sulfonamides is 1. The molecular weight excluding hydrogens is 270 g/mol. The van der Waals surface area contributed by atoms with Crippen LogP contribution in [0, 0.1) is 0 Å². The van der Waals surface area contributed by atoms with Gasteiger partial charge >= 0.3 is 0 Å². The second-order valence-corrected chi connectivity index (χ2v) is 6.71. The Bertz CT molecular complexity index is 536. The average Bonchev–Trinajstić information content (AvgIpc) is 2.28. The number of thiocarbonyl (C=S) groups is 1. The maximum Gasteiger partial charge on any atom is 0.242 e. The van der Waals surface area contributed by atoms with E-state index in [1.807, 2.05) is 20.8 Å². The lowest BCUT2D eigenvalue weighted by atomic mass is 10.0. The van der Waals surface area contributed by atoms with Crippen LogP contribution in [0.2, 0.25) is 0 Å². The van der Waals surface area contributed by atoms with Crippen LogP contribution in [0.5, 0.6) is 0 Å². The third-order valence-electron chi connectivity index (χ3n) is 2.59. The first-order valence-electron chi connectivity index (χ1n) is 5.48. The predicted octanol–water partition coefficient (Wildman–Crippen LogP) is 1.18. The molecule has 0 amide bonds. The number of rotatable bonds is 5. The minimum Gasteiger partial charge on any atom is -0.388 e. The SMILES string of the molecule is CCC(C)(C)NS(=O)(=O)c1ccc(C(N)=S)nc1. The second kappa shape index (κ2) is 5.29. The van der Waals surface area contributed by atoms with Crippen LogP contribution >= 0.6 is 12.2 Å². The van der Waals surface area contributed by atoms with Gasteiger partial charge in [0.25, 0.3) is 0 Å². The van der Waals surface area contributed by atoms with Gasteiger partial charge in [-0.05, 0) is 32.4 Å². The number of aromatic nitrogens is 1. The van der Waals surface area contributed by atoms with Crippen molar-refractivity contribution in [2.75, 3.05) is 0 Å². The monoisotopic (exact) mass is 287 g/mol. The summed E-state index contributed by atoms with van der Waals surface area (Å²) in [5.41, 5.74) is 5.30. The number of hydrogen-bond donors (Lipinski definition) is 2. The zero-order valence-corrected chi connectivity index (χ0v) is 12.2. The van der Waals surface area contributed by atoms with E-state index < -0.39 is 15.6 Å². The van der Waals surface area contributed by atoms with Crippen molar-refractivity contribution in [3.63, 3.8) is 0 Å². The summed E-state index contributed by atoms with van der Waals surface area (Å²) in [4.78, 5) is 4.16. The van der Waals surface area contributed by atoms with E-state index in [-0.39, 0.29) is 9.88 Å². The number of hydrogen-bond acceptors (Lipinski definition) is 4. The molecular formula is C11H17N3O2S2. The van der Waals surface area contributed by atoms with Crippen LogP contribution in [0.15, 0.2) is 23.2 Å². The molecule has 5 nitrogen and oxygen atoms in total. The molecule has 1 aromatic rings. The summed E-state index contributed by atoms with van der Waals surface area (Å²) >= 11 is 4.76. The molecule has 0 atom stereocenters. The Morgan fingerprint density at radius 2 is 2.11 bits per heavy atom. The van der Waals surface area contributed by atoms with Crippen molar-refractivity contribution < 1.29 is 8.42 Å². The highest BCUT2D eigenvalue weighted by Crippen LogP contribution is 2.14. The molecule has 0 spiro atoms. The molecule has 0 aliphatic heterocycles. The molecule has 18 heavy (non-hydrogen) atoms. The molecule has 0 aliphatic carbocycles. The Kier molecular flexibility index (Phi) is 4.41. The Morgan fingerprint density at radius 1 is 1.50 bits per heavy atom. The standard InChI is InChI=1S/C11H17N3O2S2/c1-4-11(2,3)14-18(15,16)8-5-6-9(10(12)17)13-7-8/h5-7,14H,4H2,1-3H3,(H2,12,17). The van der Waals surface area contributed by atoms with Crippen LogP contribution in [0.4, 0.5) is 0 Å². The molecule has 0 unspecified atom stereocenters. The third-order valence-corrected chi connectivity index (χ3v) is 4.49. The van der Waals surface area contributed by atoms with Crippen molar-refractivity contribution in [3.05, 3.63) is 24.0 Å². The largest absolute Gasteiger partial charge is 0.388 e. The molecule has 0 radical (unpaired) electrons. The van der Waals surface area contributed by atoms with Crippen molar-refractivity contribution in [3.8, 4) is 0 Å². The van der Waals surface area contributed by atoms with Crippen LogP contribution in [0.25, 0.3) is 0 Å². The Hall–Kier alpha value is -1.05. The fourth-order valence-corrected chi connectivity index (χ4v) is 2.73. The van der Waals surface area contributed by atoms with E-state index >= 15 is 0 Å². The van der Waals surface area contributed by atoms with Crippen molar-refractivity contribution in [1.82, 2.24) is 9.71 Å². The van der Waals surface area contributed by atoms with Crippen molar-refractivity contribution in [2.45, 2.75) is 37.6 Å². The van der Waals surface area contributed by atoms with Crippen LogP contribution in [0.1, 0.15) is 32.9 Å². The van der Waals surface area contributed by atoms with E-state index in [0.29, 0.717) is 12.1 Å². The Balaban J connectivity index is 3.03. The highest BCUT2D eigenvalue weighted by Gasteiger charge is 2.24. The minimum atomic E-state index is -3.57. The van der Waals surface area contributed by atoms with Gasteiger partial charge in [0.1, 0.15) is 9.88 Å². The van der Waals surface area contributed by atoms with E-state index in [4.69, 9.17) is 18.0 Å². The summed E-state index contributed by atoms with van der Waals surface area (Å²) in [5, 5.41) is 0. The van der Waals surface area contributed by atoms with E-state index in [1.54, 1.807) is 0 Å². The van der Waals surface area contributed by atoms with E-state index in [1.165, 1.54) is 18.3 Å². The molecule has 0 saturated carbocycles. The van der Waals surface area contributed by atoms with Gasteiger partial charge in [-0.25, -0.2) is 13.1 Å². The smallest absolute Gasteiger partial charge is 0.242 e. The normalized spacial score (nSPS) is 12.4. The lowest BCUT2D eigenvalue weighted by Crippen LogP contribution is -2.42. The van der Waals surface area contributed by atoms with Gasteiger partial charge in [0.05, 0.1) is 5.69 Å². The molecule has 1 rings (SSSR count). The van der Waals surface area contributed by atoms with Gasteiger partial charge in [0, 0.05) is 11.7 Å². The summed E-state index contributed by atoms with van der Waals surface area (Å²) in [7, 11) is -3.57.